The second-order valence-electron chi connectivity index (χ2n) is 17.1. The van der Waals surface area contributed by atoms with Gasteiger partial charge in [0.2, 0.25) is 0 Å². The summed E-state index contributed by atoms with van der Waals surface area (Å²) in [6.07, 6.45) is 26.8. The molecule has 0 amide bonds. The Morgan fingerprint density at radius 2 is 0.696 bits per heavy atom. The van der Waals surface area contributed by atoms with Crippen LogP contribution in [0, 0.1) is 53.3 Å². The van der Waals surface area contributed by atoms with Crippen molar-refractivity contribution in [2.45, 2.75) is 165 Å². The fourth-order valence-corrected chi connectivity index (χ4v) is 13.0. The third kappa shape index (κ3) is 6.09. The summed E-state index contributed by atoms with van der Waals surface area (Å²) < 4.78 is 0. The number of nitrogens with one attached hydrogen (secondary N) is 8. The standard InChI is InChI=1S/C36H64N8O.Co/c45-19-8-7-10-20-11-9-18-27-28(20)36-43-34-26-17-6-5-16-25(26)32(41-34)39-30-22-13-2-1-12-21(22)29(37-30)38-31-23-14-3-4-15-24(23)33(40-31)42-35(27)44-36;/h20-45H,1-19H2;. The fraction of sp³-hybridized carbons (Fsp3) is 1.00. The summed E-state index contributed by atoms with van der Waals surface area (Å²) in [6.45, 7) is 0.331. The van der Waals surface area contributed by atoms with Gasteiger partial charge in [-0.1, -0.05) is 57.8 Å². The molecule has 9 nitrogen and oxygen atoms in total. The Labute approximate surface area is 288 Å². The summed E-state index contributed by atoms with van der Waals surface area (Å²) in [5.74, 6) is 6.34. The normalized spacial score (nSPS) is 53.0. The molecule has 5 saturated heterocycles. The molecule has 17 atom stereocenters. The second-order valence-corrected chi connectivity index (χ2v) is 17.1. The topological polar surface area (TPSA) is 116 Å². The Balaban J connectivity index is 0.00000312. The van der Waals surface area contributed by atoms with Crippen molar-refractivity contribution in [1.82, 2.24) is 42.5 Å². The number of unbranched alkanes of at least 4 members (excludes halogenated alkanes) is 1. The molecule has 4 aliphatic carbocycles. The van der Waals surface area contributed by atoms with E-state index in [1.54, 1.807) is 0 Å². The molecule has 46 heavy (non-hydrogen) atoms. The molecule has 263 valence electrons. The second kappa shape index (κ2) is 14.4. The summed E-state index contributed by atoms with van der Waals surface area (Å²) in [4.78, 5) is 0. The van der Waals surface area contributed by atoms with Crippen molar-refractivity contribution >= 4 is 0 Å². The van der Waals surface area contributed by atoms with Crippen LogP contribution in [0.2, 0.25) is 0 Å². The molecule has 5 heterocycles. The number of aliphatic hydroxyl groups is 1. The Morgan fingerprint density at radius 1 is 0.370 bits per heavy atom. The van der Waals surface area contributed by atoms with Crippen LogP contribution in [-0.2, 0) is 16.8 Å². The van der Waals surface area contributed by atoms with Crippen LogP contribution in [0.3, 0.4) is 0 Å². The van der Waals surface area contributed by atoms with Gasteiger partial charge in [0.05, 0.1) is 49.3 Å². The average Bonchev–Trinajstić information content (AvgIpc) is 3.81. The average molecular weight is 684 g/mol. The Hall–Kier alpha value is 0.146. The summed E-state index contributed by atoms with van der Waals surface area (Å²) in [5.41, 5.74) is 0. The van der Waals surface area contributed by atoms with E-state index in [1.807, 2.05) is 0 Å². The van der Waals surface area contributed by atoms with Crippen LogP contribution in [0.25, 0.3) is 0 Å². The summed E-state index contributed by atoms with van der Waals surface area (Å²) in [6, 6.07) is 0. The number of fused-ring (bicyclic) bond motifs is 20. The first kappa shape index (κ1) is 33.3. The molecule has 8 bridgehead atoms. The number of rotatable bonds is 4. The first-order chi connectivity index (χ1) is 22.2. The van der Waals surface area contributed by atoms with Gasteiger partial charge in [0.25, 0.3) is 0 Å². The van der Waals surface area contributed by atoms with Crippen LogP contribution in [-0.4, -0.2) is 61.0 Å². The summed E-state index contributed by atoms with van der Waals surface area (Å²) in [5, 5.41) is 43.7. The van der Waals surface area contributed by atoms with Crippen LogP contribution in [0.4, 0.5) is 0 Å². The van der Waals surface area contributed by atoms with Gasteiger partial charge in [-0.25, -0.2) is 0 Å². The fourth-order valence-electron chi connectivity index (χ4n) is 13.0. The molecule has 9 aliphatic rings. The predicted octanol–water partition coefficient (Wildman–Crippen LogP) is 2.99. The Bertz CT molecular complexity index is 1020. The van der Waals surface area contributed by atoms with Crippen LogP contribution in [0.5, 0.6) is 0 Å². The van der Waals surface area contributed by atoms with E-state index in [2.05, 4.69) is 42.5 Å². The molecule has 9 N–H and O–H groups in total. The minimum atomic E-state index is 0. The molecule has 9 fully saturated rings. The number of aliphatic hydroxyl groups excluding tert-OH is 1. The van der Waals surface area contributed by atoms with Crippen molar-refractivity contribution in [3.63, 3.8) is 0 Å². The Morgan fingerprint density at radius 3 is 1.07 bits per heavy atom. The van der Waals surface area contributed by atoms with E-state index in [-0.39, 0.29) is 16.8 Å². The third-order valence-corrected chi connectivity index (χ3v) is 15.0. The molecule has 1 radical (unpaired) electrons. The predicted molar refractivity (Wildman–Crippen MR) is 177 cm³/mol. The molecular formula is C36H64CoN8O. The zero-order valence-electron chi connectivity index (χ0n) is 28.0. The van der Waals surface area contributed by atoms with Gasteiger partial charge in [-0.2, -0.15) is 0 Å². The monoisotopic (exact) mass is 683 g/mol. The molecule has 9 rings (SSSR count). The van der Waals surface area contributed by atoms with Gasteiger partial charge in [0.1, 0.15) is 0 Å². The molecule has 0 aromatic carbocycles. The van der Waals surface area contributed by atoms with Crippen molar-refractivity contribution in [2.24, 2.45) is 53.3 Å². The van der Waals surface area contributed by atoms with Crippen LogP contribution in [0.1, 0.15) is 116 Å². The van der Waals surface area contributed by atoms with E-state index in [4.69, 9.17) is 0 Å². The number of hydrogen-bond acceptors (Lipinski definition) is 9. The smallest absolute Gasteiger partial charge is 0.0631 e. The van der Waals surface area contributed by atoms with Gasteiger partial charge in [-0.15, -0.1) is 0 Å². The van der Waals surface area contributed by atoms with Crippen molar-refractivity contribution in [1.29, 1.82) is 0 Å². The molecule has 4 saturated carbocycles. The van der Waals surface area contributed by atoms with Gasteiger partial charge in [-0.3, -0.25) is 42.5 Å². The van der Waals surface area contributed by atoms with Crippen molar-refractivity contribution in [3.8, 4) is 0 Å². The van der Waals surface area contributed by atoms with E-state index in [1.165, 1.54) is 103 Å². The molecule has 0 spiro atoms. The van der Waals surface area contributed by atoms with E-state index in [9.17, 15) is 5.11 Å². The maximum absolute atomic E-state index is 9.58. The first-order valence-electron chi connectivity index (χ1n) is 19.9. The van der Waals surface area contributed by atoms with E-state index in [0.29, 0.717) is 91.4 Å². The Kier molecular flexibility index (Phi) is 10.4. The van der Waals surface area contributed by atoms with Gasteiger partial charge >= 0.3 is 0 Å². The van der Waals surface area contributed by atoms with Gasteiger partial charge in [0, 0.05) is 23.4 Å². The zero-order chi connectivity index (χ0) is 29.9. The van der Waals surface area contributed by atoms with Gasteiger partial charge < -0.3 is 5.11 Å². The van der Waals surface area contributed by atoms with Crippen molar-refractivity contribution in [3.05, 3.63) is 0 Å². The first-order valence-corrected chi connectivity index (χ1v) is 19.9. The zero-order valence-corrected chi connectivity index (χ0v) is 29.1. The van der Waals surface area contributed by atoms with Crippen LogP contribution < -0.4 is 42.5 Å². The summed E-state index contributed by atoms with van der Waals surface area (Å²) >= 11 is 0. The minimum absolute atomic E-state index is 0. The molecule has 10 heteroatoms. The van der Waals surface area contributed by atoms with E-state index >= 15 is 0 Å². The number of hydrogen-bond donors (Lipinski definition) is 9. The van der Waals surface area contributed by atoms with Crippen LogP contribution in [0.15, 0.2) is 0 Å². The molecular weight excluding hydrogens is 619 g/mol. The quantitative estimate of drug-likeness (QED) is 0.207. The van der Waals surface area contributed by atoms with Crippen molar-refractivity contribution < 1.29 is 21.9 Å². The SMILES string of the molecule is OCCCCC1CCCC2C3NC4NC(NC5NC(NC6NC(NC(N3)C12)C1CCCCC61)C1CCCCC51)C1CCCCC41.[Co]. The van der Waals surface area contributed by atoms with Gasteiger partial charge in [0.15, 0.2) is 0 Å². The maximum Gasteiger partial charge on any atom is 0.0631 e. The molecule has 0 aromatic heterocycles. The maximum atomic E-state index is 9.58. The third-order valence-electron chi connectivity index (χ3n) is 15.0. The molecule has 5 aliphatic heterocycles. The van der Waals surface area contributed by atoms with Crippen molar-refractivity contribution in [2.75, 3.05) is 6.61 Å². The summed E-state index contributed by atoms with van der Waals surface area (Å²) in [7, 11) is 0. The molecule has 17 unspecified atom stereocenters. The van der Waals surface area contributed by atoms with E-state index in [0.717, 1.165) is 30.6 Å². The molecule has 0 aromatic rings. The van der Waals surface area contributed by atoms with E-state index < -0.39 is 0 Å². The van der Waals surface area contributed by atoms with Crippen LogP contribution >= 0.6 is 0 Å². The largest absolute Gasteiger partial charge is 0.396 e. The minimum Gasteiger partial charge on any atom is -0.396 e. The van der Waals surface area contributed by atoms with Gasteiger partial charge in [-0.05, 0) is 111 Å².